The van der Waals surface area contributed by atoms with Crippen molar-refractivity contribution in [2.24, 2.45) is 0 Å². The smallest absolute Gasteiger partial charge is 0.255 e. The first-order valence-electron chi connectivity index (χ1n) is 5.77. The molecule has 18 heavy (non-hydrogen) atoms. The molecule has 0 radical (unpaired) electrons. The van der Waals surface area contributed by atoms with Crippen LogP contribution >= 0.6 is 11.6 Å². The summed E-state index contributed by atoms with van der Waals surface area (Å²) >= 11 is 5.96. The lowest BCUT2D eigenvalue weighted by molar-refractivity contribution is 0.0845. The maximum atomic E-state index is 5.96. The van der Waals surface area contributed by atoms with Crippen molar-refractivity contribution >= 4 is 23.2 Å². The second-order valence-corrected chi connectivity index (χ2v) is 4.64. The van der Waals surface area contributed by atoms with E-state index >= 15 is 0 Å². The second-order valence-electron chi connectivity index (χ2n) is 4.25. The second kappa shape index (κ2) is 5.49. The van der Waals surface area contributed by atoms with Gasteiger partial charge in [0.25, 0.3) is 5.78 Å². The first-order chi connectivity index (χ1) is 8.58. The van der Waals surface area contributed by atoms with E-state index in [4.69, 9.17) is 16.3 Å². The van der Waals surface area contributed by atoms with E-state index in [9.17, 15) is 0 Å². The molecule has 0 N–H and O–H groups in total. The molecule has 0 bridgehead atoms. The Morgan fingerprint density at radius 3 is 3.00 bits per heavy atom. The van der Waals surface area contributed by atoms with Crippen LogP contribution in [0.5, 0.6) is 0 Å². The highest BCUT2D eigenvalue weighted by Gasteiger charge is 2.10. The van der Waals surface area contributed by atoms with E-state index in [1.54, 1.807) is 10.6 Å². The summed E-state index contributed by atoms with van der Waals surface area (Å²) in [7, 11) is 1.95. The van der Waals surface area contributed by atoms with Crippen LogP contribution in [0.15, 0.2) is 12.4 Å². The van der Waals surface area contributed by atoms with Gasteiger partial charge in [0.2, 0.25) is 0 Å². The summed E-state index contributed by atoms with van der Waals surface area (Å²) in [4.78, 5) is 10.1. The van der Waals surface area contributed by atoms with Gasteiger partial charge in [0.05, 0.1) is 12.7 Å². The number of likely N-dealkylation sites (N-methyl/N-ethyl adjacent to an activating group) is 1. The van der Waals surface area contributed by atoms with Crippen LogP contribution in [0.2, 0.25) is 5.15 Å². The number of anilines is 1. The van der Waals surface area contributed by atoms with E-state index in [0.717, 1.165) is 12.4 Å². The van der Waals surface area contributed by atoms with Gasteiger partial charge in [-0.05, 0) is 13.8 Å². The van der Waals surface area contributed by atoms with Crippen molar-refractivity contribution in [1.29, 1.82) is 0 Å². The molecule has 0 atom stereocenters. The summed E-state index contributed by atoms with van der Waals surface area (Å²) in [5.74, 6) is 1.34. The van der Waals surface area contributed by atoms with Crippen LogP contribution in [-0.2, 0) is 4.74 Å². The van der Waals surface area contributed by atoms with Gasteiger partial charge < -0.3 is 9.64 Å². The maximum absolute atomic E-state index is 5.96. The first kappa shape index (κ1) is 13.0. The van der Waals surface area contributed by atoms with E-state index < -0.39 is 0 Å². The van der Waals surface area contributed by atoms with Crippen LogP contribution in [0.1, 0.15) is 13.8 Å². The number of ether oxygens (including phenoxy) is 1. The van der Waals surface area contributed by atoms with E-state index in [2.05, 4.69) is 15.1 Å². The van der Waals surface area contributed by atoms with Gasteiger partial charge >= 0.3 is 0 Å². The standard InChI is InChI=1S/C11H16ClN5O/c1-8(2)18-5-4-16(3)10-6-9(12)15-11-13-7-14-17(10)11/h6-8H,4-5H2,1-3H3. The molecular formula is C11H16ClN5O. The minimum atomic E-state index is 0.228. The molecule has 98 valence electrons. The molecule has 0 unspecified atom stereocenters. The quantitative estimate of drug-likeness (QED) is 0.773. The summed E-state index contributed by atoms with van der Waals surface area (Å²) in [5.41, 5.74) is 0. The lowest BCUT2D eigenvalue weighted by Gasteiger charge is -2.20. The third-order valence-corrected chi connectivity index (χ3v) is 2.66. The van der Waals surface area contributed by atoms with Crippen LogP contribution in [0.4, 0.5) is 5.82 Å². The zero-order chi connectivity index (χ0) is 13.1. The van der Waals surface area contributed by atoms with Gasteiger partial charge in [0.1, 0.15) is 17.3 Å². The van der Waals surface area contributed by atoms with Gasteiger partial charge in [0, 0.05) is 19.7 Å². The van der Waals surface area contributed by atoms with Crippen LogP contribution in [0, 0.1) is 0 Å². The number of fused-ring (bicyclic) bond motifs is 1. The molecule has 0 aliphatic heterocycles. The average molecular weight is 270 g/mol. The van der Waals surface area contributed by atoms with Crippen LogP contribution in [0.25, 0.3) is 5.78 Å². The largest absolute Gasteiger partial charge is 0.377 e. The molecular weight excluding hydrogens is 254 g/mol. The Kier molecular flexibility index (Phi) is 3.98. The minimum Gasteiger partial charge on any atom is -0.377 e. The van der Waals surface area contributed by atoms with Gasteiger partial charge in [-0.15, -0.1) is 0 Å². The molecule has 0 aliphatic carbocycles. The molecule has 0 amide bonds. The fourth-order valence-electron chi connectivity index (χ4n) is 1.58. The molecule has 0 aromatic carbocycles. The summed E-state index contributed by atoms with van der Waals surface area (Å²) in [6.07, 6.45) is 1.69. The van der Waals surface area contributed by atoms with Crippen molar-refractivity contribution in [2.45, 2.75) is 20.0 Å². The molecule has 0 fully saturated rings. The zero-order valence-electron chi connectivity index (χ0n) is 10.7. The Morgan fingerprint density at radius 1 is 1.50 bits per heavy atom. The molecule has 2 aromatic heterocycles. The van der Waals surface area contributed by atoms with Gasteiger partial charge in [-0.25, -0.2) is 0 Å². The van der Waals surface area contributed by atoms with Crippen LogP contribution in [-0.4, -0.2) is 45.9 Å². The highest BCUT2D eigenvalue weighted by Crippen LogP contribution is 2.17. The van der Waals surface area contributed by atoms with Gasteiger partial charge in [0.15, 0.2) is 0 Å². The van der Waals surface area contributed by atoms with Crippen molar-refractivity contribution in [3.05, 3.63) is 17.5 Å². The molecule has 2 rings (SSSR count). The van der Waals surface area contributed by atoms with E-state index in [1.165, 1.54) is 6.33 Å². The van der Waals surface area contributed by atoms with E-state index in [-0.39, 0.29) is 6.10 Å². The highest BCUT2D eigenvalue weighted by atomic mass is 35.5. The normalized spacial score (nSPS) is 11.4. The minimum absolute atomic E-state index is 0.228. The number of aromatic nitrogens is 4. The Hall–Kier alpha value is -1.40. The summed E-state index contributed by atoms with van der Waals surface area (Å²) in [6.45, 7) is 5.41. The van der Waals surface area contributed by atoms with Crippen LogP contribution in [0.3, 0.4) is 0 Å². The van der Waals surface area contributed by atoms with E-state index in [0.29, 0.717) is 17.5 Å². The number of nitrogens with zero attached hydrogens (tertiary/aromatic N) is 5. The number of halogens is 1. The summed E-state index contributed by atoms with van der Waals surface area (Å²) in [5, 5.41) is 4.53. The zero-order valence-corrected chi connectivity index (χ0v) is 11.4. The Bertz CT molecular complexity index is 527. The molecule has 6 nitrogen and oxygen atoms in total. The van der Waals surface area contributed by atoms with Gasteiger partial charge in [-0.3, -0.25) is 0 Å². The highest BCUT2D eigenvalue weighted by molar-refractivity contribution is 6.29. The Balaban J connectivity index is 2.16. The fraction of sp³-hybridized carbons (Fsp3) is 0.545. The number of rotatable bonds is 5. The molecule has 0 aliphatic rings. The predicted octanol–water partition coefficient (Wildman–Crippen LogP) is 1.64. The van der Waals surface area contributed by atoms with Gasteiger partial charge in [-0.1, -0.05) is 11.6 Å². The molecule has 0 spiro atoms. The first-order valence-corrected chi connectivity index (χ1v) is 6.14. The average Bonchev–Trinajstić information content (AvgIpc) is 2.74. The SMILES string of the molecule is CC(C)OCCN(C)c1cc(Cl)nc2ncnn12. The van der Waals surface area contributed by atoms with Crippen molar-refractivity contribution in [3.8, 4) is 0 Å². The van der Waals surface area contributed by atoms with Crippen molar-refractivity contribution in [1.82, 2.24) is 19.6 Å². The molecule has 2 heterocycles. The Morgan fingerprint density at radius 2 is 2.28 bits per heavy atom. The third kappa shape index (κ3) is 2.88. The van der Waals surface area contributed by atoms with Crippen molar-refractivity contribution in [2.75, 3.05) is 25.1 Å². The molecule has 0 saturated carbocycles. The summed E-state index contributed by atoms with van der Waals surface area (Å²) < 4.78 is 7.18. The lowest BCUT2D eigenvalue weighted by Crippen LogP contribution is -2.26. The third-order valence-electron chi connectivity index (χ3n) is 2.47. The lowest BCUT2D eigenvalue weighted by atomic mass is 10.4. The number of hydrogen-bond acceptors (Lipinski definition) is 5. The van der Waals surface area contributed by atoms with Crippen molar-refractivity contribution in [3.63, 3.8) is 0 Å². The maximum Gasteiger partial charge on any atom is 0.255 e. The topological polar surface area (TPSA) is 55.5 Å². The van der Waals surface area contributed by atoms with Crippen molar-refractivity contribution < 1.29 is 4.74 Å². The van der Waals surface area contributed by atoms with E-state index in [1.807, 2.05) is 25.8 Å². The Labute approximate surface area is 111 Å². The monoisotopic (exact) mass is 269 g/mol. The van der Waals surface area contributed by atoms with Gasteiger partial charge in [-0.2, -0.15) is 19.6 Å². The van der Waals surface area contributed by atoms with Crippen LogP contribution < -0.4 is 4.90 Å². The molecule has 7 heteroatoms. The predicted molar refractivity (Wildman–Crippen MR) is 70.2 cm³/mol. The molecule has 0 saturated heterocycles. The summed E-state index contributed by atoms with van der Waals surface area (Å²) in [6, 6.07) is 1.76. The fourth-order valence-corrected chi connectivity index (χ4v) is 1.75. The molecule has 2 aromatic rings. The number of hydrogen-bond donors (Lipinski definition) is 0.